The zero-order chi connectivity index (χ0) is 21.2. The molecular formula is C26H28N4S. The fourth-order valence-electron chi connectivity index (χ4n) is 4.46. The molecule has 0 spiro atoms. The lowest BCUT2D eigenvalue weighted by molar-refractivity contribution is 0.509. The minimum absolute atomic E-state index is 0.506. The number of hydrogen-bond donors (Lipinski definition) is 1. The number of anilines is 1. The molecule has 0 bridgehead atoms. The van der Waals surface area contributed by atoms with Crippen molar-refractivity contribution < 1.29 is 0 Å². The normalized spacial score (nSPS) is 16.8. The number of rotatable bonds is 6. The molecule has 4 aromatic rings. The number of aromatic nitrogens is 3. The summed E-state index contributed by atoms with van der Waals surface area (Å²) in [5, 5.41) is 4.95. The third-order valence-corrected chi connectivity index (χ3v) is 7.29. The molecule has 0 fully saturated rings. The summed E-state index contributed by atoms with van der Waals surface area (Å²) in [7, 11) is 0. The Morgan fingerprint density at radius 1 is 1.10 bits per heavy atom. The monoisotopic (exact) mass is 428 g/mol. The molecule has 1 N–H and O–H groups in total. The first kappa shape index (κ1) is 20.1. The minimum atomic E-state index is 0.506. The summed E-state index contributed by atoms with van der Waals surface area (Å²) in [6.07, 6.45) is 8.19. The number of nitrogens with one attached hydrogen (secondary N) is 1. The molecule has 0 radical (unpaired) electrons. The van der Waals surface area contributed by atoms with Crippen molar-refractivity contribution >= 4 is 27.4 Å². The van der Waals surface area contributed by atoms with Crippen LogP contribution >= 0.6 is 11.3 Å². The molecule has 5 rings (SSSR count). The molecule has 3 heterocycles. The van der Waals surface area contributed by atoms with Crippen LogP contribution in [-0.4, -0.2) is 21.5 Å². The summed E-state index contributed by atoms with van der Waals surface area (Å²) in [6.45, 7) is 5.54. The lowest BCUT2D eigenvalue weighted by Gasteiger charge is -2.19. The van der Waals surface area contributed by atoms with E-state index in [2.05, 4.69) is 54.5 Å². The molecule has 1 aliphatic rings. The molecule has 31 heavy (non-hydrogen) atoms. The van der Waals surface area contributed by atoms with Crippen molar-refractivity contribution in [1.29, 1.82) is 0 Å². The molecule has 0 aliphatic heterocycles. The van der Waals surface area contributed by atoms with Crippen LogP contribution in [0.3, 0.4) is 0 Å². The number of pyridine rings is 1. The smallest absolute Gasteiger partial charge is 0.163 e. The van der Waals surface area contributed by atoms with E-state index < -0.39 is 0 Å². The van der Waals surface area contributed by atoms with Gasteiger partial charge in [-0.15, -0.1) is 11.3 Å². The lowest BCUT2D eigenvalue weighted by Crippen LogP contribution is -2.15. The molecule has 2 unspecified atom stereocenters. The maximum absolute atomic E-state index is 5.01. The molecule has 5 heteroatoms. The minimum Gasteiger partial charge on any atom is -0.369 e. The van der Waals surface area contributed by atoms with E-state index in [9.17, 15) is 0 Å². The maximum atomic E-state index is 5.01. The molecule has 0 amide bonds. The molecule has 2 atom stereocenters. The first-order chi connectivity index (χ1) is 15.2. The van der Waals surface area contributed by atoms with Crippen LogP contribution in [-0.2, 0) is 19.3 Å². The maximum Gasteiger partial charge on any atom is 0.163 e. The standard InChI is InChI=1S/C26H28N4S/c1-17-8-9-21-22(15-17)31-26-23(21)25(29-24(30-26)20-10-12-27-13-11-20)28-16-18(2)14-19-6-4-3-5-7-19/h3-7,10-13,17-18H,8-9,14-16H2,1-2H3,(H,28,29,30). The van der Waals surface area contributed by atoms with Gasteiger partial charge in [-0.25, -0.2) is 9.97 Å². The van der Waals surface area contributed by atoms with Gasteiger partial charge in [0.25, 0.3) is 0 Å². The Hall–Kier alpha value is -2.79. The SMILES string of the molecule is CC(CNc1nc(-c2ccncc2)nc2sc3c(c12)CCC(C)C3)Cc1ccccc1. The van der Waals surface area contributed by atoms with E-state index >= 15 is 0 Å². The van der Waals surface area contributed by atoms with Crippen molar-refractivity contribution in [2.45, 2.75) is 39.5 Å². The van der Waals surface area contributed by atoms with E-state index in [-0.39, 0.29) is 0 Å². The zero-order valence-corrected chi connectivity index (χ0v) is 19.0. The molecule has 4 nitrogen and oxygen atoms in total. The van der Waals surface area contributed by atoms with Gasteiger partial charge in [0.2, 0.25) is 0 Å². The average molecular weight is 429 g/mol. The third-order valence-electron chi connectivity index (χ3n) is 6.14. The van der Waals surface area contributed by atoms with E-state index in [0.717, 1.165) is 53.8 Å². The van der Waals surface area contributed by atoms with Gasteiger partial charge in [-0.1, -0.05) is 44.2 Å². The van der Waals surface area contributed by atoms with Gasteiger partial charge in [0.1, 0.15) is 10.6 Å². The molecule has 0 saturated heterocycles. The predicted molar refractivity (Wildman–Crippen MR) is 130 cm³/mol. The highest BCUT2D eigenvalue weighted by molar-refractivity contribution is 7.19. The zero-order valence-electron chi connectivity index (χ0n) is 18.1. The summed E-state index contributed by atoms with van der Waals surface area (Å²) >= 11 is 1.86. The van der Waals surface area contributed by atoms with Crippen LogP contribution in [0.15, 0.2) is 54.9 Å². The van der Waals surface area contributed by atoms with Crippen molar-refractivity contribution in [3.8, 4) is 11.4 Å². The Morgan fingerprint density at radius 2 is 1.90 bits per heavy atom. The quantitative estimate of drug-likeness (QED) is 0.399. The summed E-state index contributed by atoms with van der Waals surface area (Å²) < 4.78 is 0. The van der Waals surface area contributed by atoms with Gasteiger partial charge in [0.05, 0.1) is 5.39 Å². The summed E-state index contributed by atoms with van der Waals surface area (Å²) in [5.41, 5.74) is 3.86. The van der Waals surface area contributed by atoms with Crippen molar-refractivity contribution in [2.75, 3.05) is 11.9 Å². The van der Waals surface area contributed by atoms with Gasteiger partial charge >= 0.3 is 0 Å². The van der Waals surface area contributed by atoms with E-state index in [1.807, 2.05) is 23.5 Å². The number of thiophene rings is 1. The molecule has 0 saturated carbocycles. The van der Waals surface area contributed by atoms with E-state index in [1.54, 1.807) is 12.4 Å². The van der Waals surface area contributed by atoms with Crippen molar-refractivity contribution in [2.24, 2.45) is 11.8 Å². The van der Waals surface area contributed by atoms with Gasteiger partial charge < -0.3 is 5.32 Å². The number of fused-ring (bicyclic) bond motifs is 3. The lowest BCUT2D eigenvalue weighted by atomic mass is 9.89. The average Bonchev–Trinajstić information content (AvgIpc) is 3.16. The highest BCUT2D eigenvalue weighted by atomic mass is 32.1. The van der Waals surface area contributed by atoms with E-state index in [4.69, 9.17) is 9.97 Å². The van der Waals surface area contributed by atoms with Crippen LogP contribution < -0.4 is 5.32 Å². The Morgan fingerprint density at radius 3 is 2.71 bits per heavy atom. The van der Waals surface area contributed by atoms with E-state index in [0.29, 0.717) is 5.92 Å². The van der Waals surface area contributed by atoms with Crippen LogP contribution in [0.2, 0.25) is 0 Å². The second kappa shape index (κ2) is 8.75. The van der Waals surface area contributed by atoms with Crippen molar-refractivity contribution in [1.82, 2.24) is 15.0 Å². The number of nitrogens with zero attached hydrogens (tertiary/aromatic N) is 3. The van der Waals surface area contributed by atoms with Crippen LogP contribution in [0.1, 0.15) is 36.3 Å². The van der Waals surface area contributed by atoms with Gasteiger partial charge in [0.15, 0.2) is 5.82 Å². The Bertz CT molecular complexity index is 1170. The van der Waals surface area contributed by atoms with Gasteiger partial charge in [-0.3, -0.25) is 4.98 Å². The molecule has 158 valence electrons. The van der Waals surface area contributed by atoms with Gasteiger partial charge in [0, 0.05) is 29.4 Å². The fraction of sp³-hybridized carbons (Fsp3) is 0.346. The highest BCUT2D eigenvalue weighted by Gasteiger charge is 2.24. The van der Waals surface area contributed by atoms with Gasteiger partial charge in [-0.05, 0) is 60.8 Å². The second-order valence-corrected chi connectivity index (χ2v) is 9.92. The van der Waals surface area contributed by atoms with Crippen LogP contribution in [0, 0.1) is 11.8 Å². The highest BCUT2D eigenvalue weighted by Crippen LogP contribution is 2.41. The number of aryl methyl sites for hydroxylation is 1. The van der Waals surface area contributed by atoms with E-state index in [1.165, 1.54) is 27.8 Å². The van der Waals surface area contributed by atoms with Crippen LogP contribution in [0.4, 0.5) is 5.82 Å². The molecule has 1 aromatic carbocycles. The predicted octanol–water partition coefficient (Wildman–Crippen LogP) is 6.17. The van der Waals surface area contributed by atoms with Crippen molar-refractivity contribution in [3.05, 3.63) is 70.9 Å². The topological polar surface area (TPSA) is 50.7 Å². The third kappa shape index (κ3) is 4.33. The summed E-state index contributed by atoms with van der Waals surface area (Å²) in [5.74, 6) is 3.02. The Balaban J connectivity index is 1.48. The van der Waals surface area contributed by atoms with Crippen molar-refractivity contribution in [3.63, 3.8) is 0 Å². The largest absolute Gasteiger partial charge is 0.369 e. The fourth-order valence-corrected chi connectivity index (χ4v) is 5.84. The second-order valence-electron chi connectivity index (χ2n) is 8.84. The summed E-state index contributed by atoms with van der Waals surface area (Å²) in [6, 6.07) is 14.7. The Labute approximate surface area is 187 Å². The van der Waals surface area contributed by atoms with Crippen LogP contribution in [0.25, 0.3) is 21.6 Å². The summed E-state index contributed by atoms with van der Waals surface area (Å²) in [4.78, 5) is 16.7. The molecule has 3 aromatic heterocycles. The first-order valence-corrected chi connectivity index (χ1v) is 12.0. The number of hydrogen-bond acceptors (Lipinski definition) is 5. The van der Waals surface area contributed by atoms with Crippen LogP contribution in [0.5, 0.6) is 0 Å². The number of benzene rings is 1. The molecule has 1 aliphatic carbocycles. The van der Waals surface area contributed by atoms with Gasteiger partial charge in [-0.2, -0.15) is 0 Å². The Kier molecular flexibility index (Phi) is 5.68. The first-order valence-electron chi connectivity index (χ1n) is 11.2. The molecular weight excluding hydrogens is 400 g/mol.